The lowest BCUT2D eigenvalue weighted by Gasteiger charge is -2.29. The molecule has 1 spiro atoms. The van der Waals surface area contributed by atoms with Crippen molar-refractivity contribution in [1.82, 2.24) is 15.1 Å². The quantitative estimate of drug-likeness (QED) is 0.640. The number of hydrogen-bond donors (Lipinski definition) is 1. The van der Waals surface area contributed by atoms with E-state index in [9.17, 15) is 18.8 Å². The number of benzene rings is 1. The molecule has 0 unspecified atom stereocenters. The van der Waals surface area contributed by atoms with Gasteiger partial charge in [0, 0.05) is 25.6 Å². The molecule has 1 aliphatic heterocycles. The summed E-state index contributed by atoms with van der Waals surface area (Å²) in [6.07, 6.45) is 9.15. The number of rotatable bonds is 8. The Morgan fingerprint density at radius 3 is 2.45 bits per heavy atom. The largest absolute Gasteiger partial charge is 0.339 e. The minimum absolute atomic E-state index is 0.0802. The van der Waals surface area contributed by atoms with Gasteiger partial charge in [-0.2, -0.15) is 0 Å². The van der Waals surface area contributed by atoms with Crippen molar-refractivity contribution in [3.63, 3.8) is 0 Å². The van der Waals surface area contributed by atoms with Crippen molar-refractivity contribution in [1.29, 1.82) is 0 Å². The van der Waals surface area contributed by atoms with Crippen LogP contribution in [0, 0.1) is 5.82 Å². The molecule has 31 heavy (non-hydrogen) atoms. The van der Waals surface area contributed by atoms with Gasteiger partial charge in [0.25, 0.3) is 5.91 Å². The van der Waals surface area contributed by atoms with Gasteiger partial charge in [0.2, 0.25) is 5.91 Å². The van der Waals surface area contributed by atoms with Gasteiger partial charge in [-0.3, -0.25) is 14.5 Å². The third-order valence-corrected chi connectivity index (χ3v) is 7.12. The van der Waals surface area contributed by atoms with Crippen molar-refractivity contribution >= 4 is 17.8 Å². The summed E-state index contributed by atoms with van der Waals surface area (Å²) in [4.78, 5) is 41.4. The molecular formula is C24H32FN3O3. The molecule has 1 saturated heterocycles. The fraction of sp³-hybridized carbons (Fsp3) is 0.625. The van der Waals surface area contributed by atoms with Gasteiger partial charge < -0.3 is 10.2 Å². The highest BCUT2D eigenvalue weighted by atomic mass is 19.1. The first-order valence-corrected chi connectivity index (χ1v) is 11.7. The minimum atomic E-state index is -0.688. The van der Waals surface area contributed by atoms with E-state index in [2.05, 4.69) is 5.32 Å². The van der Waals surface area contributed by atoms with Crippen LogP contribution in [0.1, 0.15) is 69.8 Å². The van der Waals surface area contributed by atoms with Crippen LogP contribution >= 0.6 is 0 Å². The van der Waals surface area contributed by atoms with E-state index >= 15 is 0 Å². The summed E-state index contributed by atoms with van der Waals surface area (Å²) >= 11 is 0. The molecule has 0 bridgehead atoms. The van der Waals surface area contributed by atoms with E-state index in [0.29, 0.717) is 38.6 Å². The van der Waals surface area contributed by atoms with Crippen molar-refractivity contribution in [3.8, 4) is 0 Å². The zero-order chi connectivity index (χ0) is 21.8. The lowest BCUT2D eigenvalue weighted by Crippen LogP contribution is -2.44. The molecule has 7 heteroatoms. The van der Waals surface area contributed by atoms with Crippen molar-refractivity contribution < 1.29 is 18.8 Å². The van der Waals surface area contributed by atoms with Gasteiger partial charge in [0.05, 0.1) is 0 Å². The molecule has 3 aliphatic rings. The molecule has 1 aromatic carbocycles. The Bertz CT molecular complexity index is 814. The number of carbonyl (C=O) groups excluding carboxylic acids is 3. The summed E-state index contributed by atoms with van der Waals surface area (Å²) in [6, 6.07) is 6.37. The van der Waals surface area contributed by atoms with Gasteiger partial charge in [-0.05, 0) is 56.2 Å². The topological polar surface area (TPSA) is 69.7 Å². The van der Waals surface area contributed by atoms with Crippen LogP contribution in [-0.2, 0) is 16.0 Å². The highest BCUT2D eigenvalue weighted by Gasteiger charge is 2.52. The number of carbonyl (C=O) groups is 3. The van der Waals surface area contributed by atoms with Crippen LogP contribution in [-0.4, -0.2) is 52.3 Å². The lowest BCUT2D eigenvalue weighted by atomic mass is 9.98. The van der Waals surface area contributed by atoms with E-state index in [4.69, 9.17) is 0 Å². The van der Waals surface area contributed by atoms with E-state index < -0.39 is 5.54 Å². The Kier molecular flexibility index (Phi) is 6.58. The van der Waals surface area contributed by atoms with Crippen LogP contribution < -0.4 is 5.32 Å². The van der Waals surface area contributed by atoms with Crippen LogP contribution in [0.3, 0.4) is 0 Å². The molecule has 2 saturated carbocycles. The number of nitrogens with one attached hydrogen (secondary N) is 1. The van der Waals surface area contributed by atoms with Gasteiger partial charge in [-0.15, -0.1) is 0 Å². The van der Waals surface area contributed by atoms with E-state index in [0.717, 1.165) is 44.1 Å². The van der Waals surface area contributed by atoms with Crippen LogP contribution in [0.15, 0.2) is 24.3 Å². The molecule has 1 N–H and O–H groups in total. The summed E-state index contributed by atoms with van der Waals surface area (Å²) in [5, 5.41) is 2.89. The van der Waals surface area contributed by atoms with Crippen molar-refractivity contribution in [2.75, 3.05) is 13.1 Å². The molecule has 0 radical (unpaired) electrons. The molecular weight excluding hydrogens is 397 g/mol. The summed E-state index contributed by atoms with van der Waals surface area (Å²) in [7, 11) is 0. The summed E-state index contributed by atoms with van der Waals surface area (Å²) < 4.78 is 13.2. The van der Waals surface area contributed by atoms with Crippen LogP contribution in [0.25, 0.3) is 0 Å². The van der Waals surface area contributed by atoms with Crippen LogP contribution in [0.4, 0.5) is 9.18 Å². The second-order valence-electron chi connectivity index (χ2n) is 9.18. The fourth-order valence-electron chi connectivity index (χ4n) is 5.36. The van der Waals surface area contributed by atoms with E-state index in [-0.39, 0.29) is 36.2 Å². The van der Waals surface area contributed by atoms with Crippen molar-refractivity contribution in [2.24, 2.45) is 0 Å². The van der Waals surface area contributed by atoms with Gasteiger partial charge in [0.15, 0.2) is 0 Å². The van der Waals surface area contributed by atoms with Gasteiger partial charge in [0.1, 0.15) is 11.4 Å². The zero-order valence-corrected chi connectivity index (χ0v) is 18.1. The Morgan fingerprint density at radius 2 is 1.77 bits per heavy atom. The van der Waals surface area contributed by atoms with E-state index in [1.165, 1.54) is 17.0 Å². The number of urea groups is 1. The number of imide groups is 1. The first-order valence-electron chi connectivity index (χ1n) is 11.7. The maximum atomic E-state index is 13.2. The predicted octanol–water partition coefficient (Wildman–Crippen LogP) is 3.78. The Morgan fingerprint density at radius 1 is 1.10 bits per heavy atom. The Hall–Kier alpha value is -2.44. The maximum absolute atomic E-state index is 13.2. The molecule has 0 aromatic heterocycles. The van der Waals surface area contributed by atoms with Gasteiger partial charge in [-0.25, -0.2) is 9.18 Å². The first kappa shape index (κ1) is 21.8. The van der Waals surface area contributed by atoms with E-state index in [1.807, 2.05) is 4.90 Å². The van der Waals surface area contributed by atoms with Crippen molar-refractivity contribution in [2.45, 2.75) is 82.2 Å². The predicted molar refractivity (Wildman–Crippen MR) is 115 cm³/mol. The first-order chi connectivity index (χ1) is 15.0. The average molecular weight is 430 g/mol. The second-order valence-corrected chi connectivity index (χ2v) is 9.18. The number of amides is 4. The normalized spacial score (nSPS) is 20.6. The highest BCUT2D eigenvalue weighted by molar-refractivity contribution is 6.07. The molecule has 1 aromatic rings. The Labute approximate surface area is 183 Å². The zero-order valence-electron chi connectivity index (χ0n) is 18.1. The molecule has 0 atom stereocenters. The molecule has 4 rings (SSSR count). The maximum Gasteiger partial charge on any atom is 0.325 e. The number of nitrogens with zero attached hydrogens (tertiary/aromatic N) is 2. The molecule has 3 fully saturated rings. The average Bonchev–Trinajstić information content (AvgIpc) is 3.49. The van der Waals surface area contributed by atoms with E-state index in [1.54, 1.807) is 12.1 Å². The third kappa shape index (κ3) is 4.75. The number of halogens is 1. The molecule has 2 aliphatic carbocycles. The third-order valence-electron chi connectivity index (χ3n) is 7.12. The smallest absolute Gasteiger partial charge is 0.325 e. The van der Waals surface area contributed by atoms with Crippen molar-refractivity contribution in [3.05, 3.63) is 35.6 Å². The highest BCUT2D eigenvalue weighted by Crippen LogP contribution is 2.35. The summed E-state index contributed by atoms with van der Waals surface area (Å²) in [5.41, 5.74) is 0.324. The standard InChI is InChI=1S/C24H32FN3O3/c25-19-11-9-18(10-12-19)13-17-27(20-6-1-2-7-20)21(29)8-5-16-28-22(30)24(26-23(28)31)14-3-4-15-24/h9-12,20H,1-8,13-17H2,(H,26,31). The minimum Gasteiger partial charge on any atom is -0.339 e. The Balaban J connectivity index is 1.31. The fourth-order valence-corrected chi connectivity index (χ4v) is 5.36. The molecule has 6 nitrogen and oxygen atoms in total. The summed E-state index contributed by atoms with van der Waals surface area (Å²) in [5.74, 6) is -0.296. The lowest BCUT2D eigenvalue weighted by molar-refractivity contribution is -0.135. The SMILES string of the molecule is O=C1NC2(CCCC2)C(=O)N1CCCC(=O)N(CCc1ccc(F)cc1)C1CCCC1. The van der Waals surface area contributed by atoms with Crippen LogP contribution in [0.5, 0.6) is 0 Å². The molecule has 4 amide bonds. The van der Waals surface area contributed by atoms with Gasteiger partial charge >= 0.3 is 6.03 Å². The summed E-state index contributed by atoms with van der Waals surface area (Å²) in [6.45, 7) is 0.899. The second kappa shape index (κ2) is 9.37. The van der Waals surface area contributed by atoms with Gasteiger partial charge in [-0.1, -0.05) is 37.8 Å². The molecule has 1 heterocycles. The van der Waals surface area contributed by atoms with Crippen LogP contribution in [0.2, 0.25) is 0 Å². The molecule has 168 valence electrons. The monoisotopic (exact) mass is 429 g/mol. The number of hydrogen-bond acceptors (Lipinski definition) is 3.